The average Bonchev–Trinajstić information content (AvgIpc) is 2.28. The number of rotatable bonds is 2. The summed E-state index contributed by atoms with van der Waals surface area (Å²) in [4.78, 5) is 25.9. The number of aromatic amines is 1. The third kappa shape index (κ3) is 2.20. The number of fused-ring (bicyclic) bond motifs is 1. The molecule has 2 N–H and O–H groups in total. The lowest BCUT2D eigenvalue weighted by Crippen LogP contribution is -2.20. The predicted molar refractivity (Wildman–Crippen MR) is 74.9 cm³/mol. The van der Waals surface area contributed by atoms with Crippen molar-refractivity contribution in [3.05, 3.63) is 37.7 Å². The van der Waals surface area contributed by atoms with Crippen LogP contribution in [-0.2, 0) is 4.74 Å². The molecular formula is C12H10INO4. The van der Waals surface area contributed by atoms with Crippen molar-refractivity contribution < 1.29 is 14.6 Å². The molecule has 1 aromatic heterocycles. The average molecular weight is 359 g/mol. The van der Waals surface area contributed by atoms with E-state index >= 15 is 0 Å². The molecule has 0 fully saturated rings. The second kappa shape index (κ2) is 4.97. The molecule has 0 bridgehead atoms. The number of pyridine rings is 1. The van der Waals surface area contributed by atoms with E-state index in [-0.39, 0.29) is 17.9 Å². The molecule has 0 saturated heterocycles. The Balaban J connectivity index is 2.73. The van der Waals surface area contributed by atoms with Crippen LogP contribution in [0.2, 0.25) is 0 Å². The zero-order valence-electron chi connectivity index (χ0n) is 9.49. The molecular weight excluding hydrogens is 349 g/mol. The lowest BCUT2D eigenvalue weighted by atomic mass is 10.1. The van der Waals surface area contributed by atoms with Crippen LogP contribution in [0.4, 0.5) is 0 Å². The molecule has 18 heavy (non-hydrogen) atoms. The fourth-order valence-electron chi connectivity index (χ4n) is 1.65. The summed E-state index contributed by atoms with van der Waals surface area (Å²) in [6.45, 7) is 1.77. The minimum absolute atomic E-state index is 0.141. The van der Waals surface area contributed by atoms with Gasteiger partial charge in [-0.3, -0.25) is 4.79 Å². The molecule has 0 saturated carbocycles. The van der Waals surface area contributed by atoms with Gasteiger partial charge in [-0.25, -0.2) is 4.79 Å². The van der Waals surface area contributed by atoms with Crippen LogP contribution in [0.25, 0.3) is 10.9 Å². The Morgan fingerprint density at radius 3 is 2.89 bits per heavy atom. The van der Waals surface area contributed by atoms with Gasteiger partial charge in [0.05, 0.1) is 12.1 Å². The first-order valence-electron chi connectivity index (χ1n) is 5.26. The summed E-state index contributed by atoms with van der Waals surface area (Å²) < 4.78 is 5.66. The summed E-state index contributed by atoms with van der Waals surface area (Å²) in [5, 5.41) is 10.4. The van der Waals surface area contributed by atoms with Crippen LogP contribution in [0.5, 0.6) is 5.75 Å². The summed E-state index contributed by atoms with van der Waals surface area (Å²) in [6, 6.07) is 5.13. The highest BCUT2D eigenvalue weighted by molar-refractivity contribution is 14.1. The lowest BCUT2D eigenvalue weighted by Gasteiger charge is -2.07. The van der Waals surface area contributed by atoms with Gasteiger partial charge in [-0.05, 0) is 47.7 Å². The maximum absolute atomic E-state index is 11.8. The Morgan fingerprint density at radius 2 is 2.22 bits per heavy atom. The van der Waals surface area contributed by atoms with Crippen LogP contribution < -0.4 is 5.56 Å². The fourth-order valence-corrected chi connectivity index (χ4v) is 2.14. The van der Waals surface area contributed by atoms with E-state index in [0.717, 1.165) is 3.57 Å². The molecule has 1 heterocycles. The van der Waals surface area contributed by atoms with Gasteiger partial charge in [0.1, 0.15) is 5.75 Å². The van der Waals surface area contributed by atoms with Crippen molar-refractivity contribution in [2.75, 3.05) is 6.61 Å². The third-order valence-corrected chi connectivity index (χ3v) is 3.10. The topological polar surface area (TPSA) is 79.4 Å². The zero-order valence-corrected chi connectivity index (χ0v) is 11.6. The van der Waals surface area contributed by atoms with Gasteiger partial charge in [0.15, 0.2) is 5.56 Å². The van der Waals surface area contributed by atoms with Crippen LogP contribution in [0.15, 0.2) is 23.0 Å². The van der Waals surface area contributed by atoms with Crippen molar-refractivity contribution in [1.82, 2.24) is 4.98 Å². The Bertz CT molecular complexity index is 678. The van der Waals surface area contributed by atoms with Crippen LogP contribution in [0.3, 0.4) is 0 Å². The van der Waals surface area contributed by atoms with E-state index < -0.39 is 11.5 Å². The van der Waals surface area contributed by atoms with E-state index in [2.05, 4.69) is 27.6 Å². The van der Waals surface area contributed by atoms with E-state index in [9.17, 15) is 14.7 Å². The number of hydrogen-bond donors (Lipinski definition) is 2. The normalized spacial score (nSPS) is 10.6. The number of aromatic nitrogens is 1. The minimum Gasteiger partial charge on any atom is -0.506 e. The quantitative estimate of drug-likeness (QED) is 0.635. The van der Waals surface area contributed by atoms with E-state index in [1.54, 1.807) is 25.1 Å². The number of carbonyl (C=O) groups excluding carboxylic acids is 1. The molecule has 0 unspecified atom stereocenters. The number of benzene rings is 1. The van der Waals surface area contributed by atoms with E-state index in [1.165, 1.54) is 0 Å². The van der Waals surface area contributed by atoms with Crippen molar-refractivity contribution in [3.63, 3.8) is 0 Å². The molecule has 2 rings (SSSR count). The van der Waals surface area contributed by atoms with E-state index in [0.29, 0.717) is 10.9 Å². The van der Waals surface area contributed by atoms with Crippen molar-refractivity contribution in [2.45, 2.75) is 6.92 Å². The van der Waals surface area contributed by atoms with Crippen molar-refractivity contribution in [2.24, 2.45) is 0 Å². The Kier molecular flexibility index (Phi) is 3.55. The highest BCUT2D eigenvalue weighted by Crippen LogP contribution is 2.26. The van der Waals surface area contributed by atoms with Crippen LogP contribution in [0, 0.1) is 3.57 Å². The van der Waals surface area contributed by atoms with Gasteiger partial charge >= 0.3 is 5.97 Å². The molecule has 2 aromatic rings. The van der Waals surface area contributed by atoms with Crippen molar-refractivity contribution in [3.8, 4) is 5.75 Å². The number of H-pyrrole nitrogens is 1. The monoisotopic (exact) mass is 359 g/mol. The van der Waals surface area contributed by atoms with Crippen molar-refractivity contribution >= 4 is 39.5 Å². The number of aromatic hydroxyl groups is 1. The number of halogens is 1. The molecule has 0 amide bonds. The molecule has 0 aliphatic carbocycles. The van der Waals surface area contributed by atoms with E-state index in [4.69, 9.17) is 4.74 Å². The molecule has 94 valence electrons. The summed E-state index contributed by atoms with van der Waals surface area (Å²) in [5.41, 5.74) is -0.525. The van der Waals surface area contributed by atoms with Gasteiger partial charge in [-0.2, -0.15) is 0 Å². The summed E-state index contributed by atoms with van der Waals surface area (Å²) in [5.74, 6) is -1.17. The fraction of sp³-hybridized carbons (Fsp3) is 0.167. The molecule has 0 spiro atoms. The summed E-state index contributed by atoms with van der Waals surface area (Å²) in [7, 11) is 0. The van der Waals surface area contributed by atoms with Gasteiger partial charge in [-0.15, -0.1) is 0 Å². The third-order valence-electron chi connectivity index (χ3n) is 2.43. The molecule has 6 heteroatoms. The van der Waals surface area contributed by atoms with Gasteiger partial charge in [0.2, 0.25) is 0 Å². The van der Waals surface area contributed by atoms with Crippen LogP contribution in [0.1, 0.15) is 17.3 Å². The molecule has 0 aliphatic heterocycles. The molecule has 1 aromatic carbocycles. The first-order chi connectivity index (χ1) is 8.54. The van der Waals surface area contributed by atoms with E-state index in [1.807, 2.05) is 0 Å². The smallest absolute Gasteiger partial charge is 0.347 e. The SMILES string of the molecule is CCOC(=O)c1c(O)c2ccc(I)cc2[nH]c1=O. The number of carbonyl (C=O) groups is 1. The van der Waals surface area contributed by atoms with Gasteiger partial charge in [-0.1, -0.05) is 0 Å². The standard InChI is InChI=1S/C12H10INO4/c1-2-18-12(17)9-10(15)7-4-3-6(13)5-8(7)14-11(9)16/h3-5H,2H2,1H3,(H2,14,15,16). The van der Waals surface area contributed by atoms with Gasteiger partial charge in [0.25, 0.3) is 5.56 Å². The predicted octanol–water partition coefficient (Wildman–Crippen LogP) is 2.02. The molecule has 0 atom stereocenters. The molecule has 0 radical (unpaired) electrons. The number of hydrogen-bond acceptors (Lipinski definition) is 4. The maximum Gasteiger partial charge on any atom is 0.347 e. The first-order valence-corrected chi connectivity index (χ1v) is 6.34. The van der Waals surface area contributed by atoms with Crippen LogP contribution in [-0.4, -0.2) is 22.7 Å². The molecule has 5 nitrogen and oxygen atoms in total. The van der Waals surface area contributed by atoms with Gasteiger partial charge < -0.3 is 14.8 Å². The lowest BCUT2D eigenvalue weighted by molar-refractivity contribution is 0.0521. The number of ether oxygens (including phenoxy) is 1. The second-order valence-corrected chi connectivity index (χ2v) is 4.83. The van der Waals surface area contributed by atoms with Crippen LogP contribution >= 0.6 is 22.6 Å². The minimum atomic E-state index is -0.822. The Labute approximate surface area is 116 Å². The van der Waals surface area contributed by atoms with Crippen molar-refractivity contribution in [1.29, 1.82) is 0 Å². The maximum atomic E-state index is 11.8. The Morgan fingerprint density at radius 1 is 1.50 bits per heavy atom. The highest BCUT2D eigenvalue weighted by atomic mass is 127. The Hall–Kier alpha value is -1.57. The largest absolute Gasteiger partial charge is 0.506 e. The number of esters is 1. The second-order valence-electron chi connectivity index (χ2n) is 3.59. The highest BCUT2D eigenvalue weighted by Gasteiger charge is 2.20. The first kappa shape index (κ1) is 12.9. The zero-order chi connectivity index (χ0) is 13.3. The summed E-state index contributed by atoms with van der Waals surface area (Å²) >= 11 is 2.09. The van der Waals surface area contributed by atoms with Gasteiger partial charge in [0, 0.05) is 8.96 Å². The number of nitrogens with one attached hydrogen (secondary N) is 1. The molecule has 0 aliphatic rings. The summed E-state index contributed by atoms with van der Waals surface area (Å²) in [6.07, 6.45) is 0.